The standard InChI is InChI=1S/C15H23BrN2O/c1-3-12(2)19-15-5-4-13(10-14(15)16)11-18-8-6-17-7-9-18/h4-5,10,12,17H,3,6-9,11H2,1-2H3. The van der Waals surface area contributed by atoms with E-state index in [1.54, 1.807) is 0 Å². The predicted molar refractivity (Wildman–Crippen MR) is 82.7 cm³/mol. The van der Waals surface area contributed by atoms with Crippen LogP contribution in [0.1, 0.15) is 25.8 Å². The second kappa shape index (κ2) is 7.27. The smallest absolute Gasteiger partial charge is 0.133 e. The molecule has 1 aliphatic rings. The third kappa shape index (κ3) is 4.48. The summed E-state index contributed by atoms with van der Waals surface area (Å²) in [6.07, 6.45) is 1.28. The zero-order valence-electron chi connectivity index (χ0n) is 11.8. The van der Waals surface area contributed by atoms with Gasteiger partial charge in [-0.3, -0.25) is 4.90 Å². The van der Waals surface area contributed by atoms with Gasteiger partial charge in [0, 0.05) is 32.7 Å². The van der Waals surface area contributed by atoms with Crippen LogP contribution in [0.15, 0.2) is 22.7 Å². The van der Waals surface area contributed by atoms with E-state index in [9.17, 15) is 0 Å². The summed E-state index contributed by atoms with van der Waals surface area (Å²) in [4.78, 5) is 2.48. The summed E-state index contributed by atoms with van der Waals surface area (Å²) in [5.41, 5.74) is 1.34. The van der Waals surface area contributed by atoms with Crippen LogP contribution in [0, 0.1) is 0 Å². The van der Waals surface area contributed by atoms with Crippen LogP contribution in [0.5, 0.6) is 5.75 Å². The molecule has 106 valence electrons. The molecular formula is C15H23BrN2O. The summed E-state index contributed by atoms with van der Waals surface area (Å²) in [5.74, 6) is 0.943. The molecule has 1 aromatic rings. The molecule has 0 aliphatic carbocycles. The van der Waals surface area contributed by atoms with E-state index in [0.29, 0.717) is 0 Å². The first kappa shape index (κ1) is 14.8. The number of rotatable bonds is 5. The van der Waals surface area contributed by atoms with Crippen LogP contribution < -0.4 is 10.1 Å². The van der Waals surface area contributed by atoms with Crippen LogP contribution in [-0.4, -0.2) is 37.2 Å². The summed E-state index contributed by atoms with van der Waals surface area (Å²) in [6.45, 7) is 9.69. The number of benzene rings is 1. The number of nitrogens with zero attached hydrogens (tertiary/aromatic N) is 1. The molecule has 4 heteroatoms. The molecule has 19 heavy (non-hydrogen) atoms. The molecule has 2 rings (SSSR count). The van der Waals surface area contributed by atoms with Gasteiger partial charge in [0.15, 0.2) is 0 Å². The SMILES string of the molecule is CCC(C)Oc1ccc(CN2CCNCC2)cc1Br. The highest BCUT2D eigenvalue weighted by atomic mass is 79.9. The van der Waals surface area contributed by atoms with Gasteiger partial charge in [-0.1, -0.05) is 13.0 Å². The van der Waals surface area contributed by atoms with Crippen molar-refractivity contribution in [1.29, 1.82) is 0 Å². The maximum absolute atomic E-state index is 5.87. The van der Waals surface area contributed by atoms with Crippen molar-refractivity contribution in [2.75, 3.05) is 26.2 Å². The van der Waals surface area contributed by atoms with Crippen LogP contribution in [0.2, 0.25) is 0 Å². The van der Waals surface area contributed by atoms with E-state index in [0.717, 1.165) is 49.4 Å². The van der Waals surface area contributed by atoms with Crippen LogP contribution in [0.25, 0.3) is 0 Å². The number of ether oxygens (including phenoxy) is 1. The highest BCUT2D eigenvalue weighted by Gasteiger charge is 2.11. The molecule has 1 atom stereocenters. The fourth-order valence-corrected chi connectivity index (χ4v) is 2.69. The minimum Gasteiger partial charge on any atom is -0.490 e. The van der Waals surface area contributed by atoms with Gasteiger partial charge in [0.1, 0.15) is 5.75 Å². The Balaban J connectivity index is 1.97. The van der Waals surface area contributed by atoms with Crippen LogP contribution >= 0.6 is 15.9 Å². The summed E-state index contributed by atoms with van der Waals surface area (Å²) in [7, 11) is 0. The summed E-state index contributed by atoms with van der Waals surface area (Å²) in [6, 6.07) is 6.43. The molecule has 3 nitrogen and oxygen atoms in total. The molecule has 0 amide bonds. The topological polar surface area (TPSA) is 24.5 Å². The van der Waals surface area contributed by atoms with Gasteiger partial charge in [0.25, 0.3) is 0 Å². The lowest BCUT2D eigenvalue weighted by atomic mass is 10.2. The van der Waals surface area contributed by atoms with Crippen molar-refractivity contribution in [3.05, 3.63) is 28.2 Å². The Bertz CT molecular complexity index is 405. The van der Waals surface area contributed by atoms with Gasteiger partial charge in [0.05, 0.1) is 10.6 Å². The molecule has 1 unspecified atom stereocenters. The van der Waals surface area contributed by atoms with Gasteiger partial charge in [0.2, 0.25) is 0 Å². The molecule has 0 radical (unpaired) electrons. The highest BCUT2D eigenvalue weighted by Crippen LogP contribution is 2.27. The van der Waals surface area contributed by atoms with E-state index in [1.807, 2.05) is 0 Å². The van der Waals surface area contributed by atoms with Gasteiger partial charge in [-0.05, 0) is 47.0 Å². The van der Waals surface area contributed by atoms with Crippen LogP contribution in [0.3, 0.4) is 0 Å². The maximum Gasteiger partial charge on any atom is 0.133 e. The maximum atomic E-state index is 5.87. The third-order valence-electron chi connectivity index (χ3n) is 3.52. The summed E-state index contributed by atoms with van der Waals surface area (Å²) >= 11 is 3.61. The summed E-state index contributed by atoms with van der Waals surface area (Å²) in [5, 5.41) is 3.38. The summed E-state index contributed by atoms with van der Waals surface area (Å²) < 4.78 is 6.92. The first-order chi connectivity index (χ1) is 9.19. The molecule has 1 fully saturated rings. The highest BCUT2D eigenvalue weighted by molar-refractivity contribution is 9.10. The molecule has 1 aromatic carbocycles. The van der Waals surface area contributed by atoms with Crippen molar-refractivity contribution in [2.45, 2.75) is 32.9 Å². The quantitative estimate of drug-likeness (QED) is 0.900. The number of nitrogens with one attached hydrogen (secondary N) is 1. The molecule has 0 aromatic heterocycles. The van der Waals surface area contributed by atoms with Gasteiger partial charge in [-0.25, -0.2) is 0 Å². The lowest BCUT2D eigenvalue weighted by molar-refractivity contribution is 0.215. The molecule has 1 heterocycles. The number of piperazine rings is 1. The van der Waals surface area contributed by atoms with Crippen molar-refractivity contribution >= 4 is 15.9 Å². The minimum atomic E-state index is 0.260. The van der Waals surface area contributed by atoms with Gasteiger partial charge < -0.3 is 10.1 Å². The Morgan fingerprint density at radius 1 is 1.37 bits per heavy atom. The lowest BCUT2D eigenvalue weighted by Gasteiger charge is -2.27. The number of hydrogen-bond donors (Lipinski definition) is 1. The van der Waals surface area contributed by atoms with Crippen molar-refractivity contribution in [3.8, 4) is 5.75 Å². The Morgan fingerprint density at radius 2 is 2.11 bits per heavy atom. The van der Waals surface area contributed by atoms with Crippen molar-refractivity contribution in [2.24, 2.45) is 0 Å². The molecule has 1 N–H and O–H groups in total. The first-order valence-corrected chi connectivity index (χ1v) is 7.86. The molecule has 0 saturated carbocycles. The second-order valence-corrected chi connectivity index (χ2v) is 5.98. The van der Waals surface area contributed by atoms with E-state index in [1.165, 1.54) is 5.56 Å². The second-order valence-electron chi connectivity index (χ2n) is 5.13. The Kier molecular flexibility index (Phi) is 5.67. The fourth-order valence-electron chi connectivity index (χ4n) is 2.17. The number of hydrogen-bond acceptors (Lipinski definition) is 3. The van der Waals surface area contributed by atoms with Gasteiger partial charge >= 0.3 is 0 Å². The molecule has 0 spiro atoms. The third-order valence-corrected chi connectivity index (χ3v) is 4.13. The van der Waals surface area contributed by atoms with Gasteiger partial charge in [-0.2, -0.15) is 0 Å². The van der Waals surface area contributed by atoms with E-state index in [2.05, 4.69) is 58.2 Å². The molecule has 1 aliphatic heterocycles. The average Bonchev–Trinajstić information content (AvgIpc) is 2.43. The average molecular weight is 327 g/mol. The minimum absolute atomic E-state index is 0.260. The van der Waals surface area contributed by atoms with Crippen molar-refractivity contribution < 1.29 is 4.74 Å². The zero-order chi connectivity index (χ0) is 13.7. The molecule has 1 saturated heterocycles. The fraction of sp³-hybridized carbons (Fsp3) is 0.600. The monoisotopic (exact) mass is 326 g/mol. The predicted octanol–water partition coefficient (Wildman–Crippen LogP) is 3.03. The first-order valence-electron chi connectivity index (χ1n) is 7.07. The lowest BCUT2D eigenvalue weighted by Crippen LogP contribution is -2.42. The van der Waals surface area contributed by atoms with Crippen molar-refractivity contribution in [1.82, 2.24) is 10.2 Å². The van der Waals surface area contributed by atoms with Crippen LogP contribution in [0.4, 0.5) is 0 Å². The van der Waals surface area contributed by atoms with Crippen LogP contribution in [-0.2, 0) is 6.54 Å². The normalized spacial score (nSPS) is 18.3. The van der Waals surface area contributed by atoms with E-state index < -0.39 is 0 Å². The zero-order valence-corrected chi connectivity index (χ0v) is 13.4. The van der Waals surface area contributed by atoms with Gasteiger partial charge in [-0.15, -0.1) is 0 Å². The number of halogens is 1. The van der Waals surface area contributed by atoms with E-state index in [4.69, 9.17) is 4.74 Å². The van der Waals surface area contributed by atoms with E-state index >= 15 is 0 Å². The Labute approximate surface area is 124 Å². The Morgan fingerprint density at radius 3 is 2.74 bits per heavy atom. The molecule has 0 bridgehead atoms. The molecular weight excluding hydrogens is 304 g/mol. The van der Waals surface area contributed by atoms with Crippen molar-refractivity contribution in [3.63, 3.8) is 0 Å². The largest absolute Gasteiger partial charge is 0.490 e. The van der Waals surface area contributed by atoms with E-state index in [-0.39, 0.29) is 6.10 Å². The Hall–Kier alpha value is -0.580.